The second-order valence-corrected chi connectivity index (χ2v) is 4.72. The Bertz CT molecular complexity index is 504. The van der Waals surface area contributed by atoms with E-state index < -0.39 is 0 Å². The zero-order valence-corrected chi connectivity index (χ0v) is 9.71. The standard InChI is InChI=1S/C13H17N3O/c17-12(8-14-11-5-6-11)9-16-13-4-2-1-3-10(13)7-15-16/h1-4,7,11-12,14,17H,5-6,8-9H2. The van der Waals surface area contributed by atoms with E-state index >= 15 is 0 Å². The fourth-order valence-electron chi connectivity index (χ4n) is 2.03. The Kier molecular flexibility index (Phi) is 2.82. The molecule has 1 saturated carbocycles. The molecule has 1 aliphatic carbocycles. The Morgan fingerprint density at radius 3 is 3.06 bits per heavy atom. The number of benzene rings is 1. The molecule has 2 N–H and O–H groups in total. The highest BCUT2D eigenvalue weighted by molar-refractivity contribution is 5.78. The van der Waals surface area contributed by atoms with Crippen molar-refractivity contribution in [3.8, 4) is 0 Å². The van der Waals surface area contributed by atoms with Gasteiger partial charge in [0.1, 0.15) is 0 Å². The third kappa shape index (κ3) is 2.48. The highest BCUT2D eigenvalue weighted by Gasteiger charge is 2.21. The number of aliphatic hydroxyl groups is 1. The summed E-state index contributed by atoms with van der Waals surface area (Å²) in [5, 5.41) is 18.7. The Balaban J connectivity index is 1.66. The molecule has 1 atom stereocenters. The van der Waals surface area contributed by atoms with Crippen LogP contribution in [0.25, 0.3) is 10.9 Å². The van der Waals surface area contributed by atoms with Crippen LogP contribution in [0.4, 0.5) is 0 Å². The summed E-state index contributed by atoms with van der Waals surface area (Å²) in [4.78, 5) is 0. The number of hydrogen-bond acceptors (Lipinski definition) is 3. The van der Waals surface area contributed by atoms with E-state index in [1.807, 2.05) is 35.1 Å². The van der Waals surface area contributed by atoms with E-state index in [0.29, 0.717) is 19.1 Å². The fraction of sp³-hybridized carbons (Fsp3) is 0.462. The lowest BCUT2D eigenvalue weighted by molar-refractivity contribution is 0.148. The third-order valence-corrected chi connectivity index (χ3v) is 3.15. The van der Waals surface area contributed by atoms with Crippen molar-refractivity contribution in [1.29, 1.82) is 0 Å². The molecule has 1 heterocycles. The van der Waals surface area contributed by atoms with Crippen LogP contribution in [0.2, 0.25) is 0 Å². The molecule has 3 rings (SSSR count). The van der Waals surface area contributed by atoms with E-state index in [9.17, 15) is 5.11 Å². The first-order valence-electron chi connectivity index (χ1n) is 6.15. The summed E-state index contributed by atoms with van der Waals surface area (Å²) < 4.78 is 1.87. The summed E-state index contributed by atoms with van der Waals surface area (Å²) in [6.45, 7) is 1.20. The fourth-order valence-corrected chi connectivity index (χ4v) is 2.03. The quantitative estimate of drug-likeness (QED) is 0.811. The first kappa shape index (κ1) is 10.7. The van der Waals surface area contributed by atoms with E-state index in [4.69, 9.17) is 0 Å². The van der Waals surface area contributed by atoms with Gasteiger partial charge in [0.25, 0.3) is 0 Å². The van der Waals surface area contributed by atoms with Gasteiger partial charge in [0.15, 0.2) is 0 Å². The van der Waals surface area contributed by atoms with Crippen LogP contribution in [0.15, 0.2) is 30.5 Å². The van der Waals surface area contributed by atoms with Gasteiger partial charge in [-0.2, -0.15) is 5.10 Å². The monoisotopic (exact) mass is 231 g/mol. The van der Waals surface area contributed by atoms with E-state index in [2.05, 4.69) is 10.4 Å². The number of nitrogens with one attached hydrogen (secondary N) is 1. The molecule has 0 bridgehead atoms. The molecular formula is C13H17N3O. The largest absolute Gasteiger partial charge is 0.390 e. The minimum absolute atomic E-state index is 0.376. The maximum Gasteiger partial charge on any atom is 0.0860 e. The molecule has 1 unspecified atom stereocenters. The number of fused-ring (bicyclic) bond motifs is 1. The highest BCUT2D eigenvalue weighted by Crippen LogP contribution is 2.18. The Morgan fingerprint density at radius 1 is 1.41 bits per heavy atom. The molecule has 0 aliphatic heterocycles. The topological polar surface area (TPSA) is 50.1 Å². The maximum atomic E-state index is 9.93. The van der Waals surface area contributed by atoms with Gasteiger partial charge in [0.05, 0.1) is 24.4 Å². The molecule has 2 aromatic rings. The number of aromatic nitrogens is 2. The maximum absolute atomic E-state index is 9.93. The van der Waals surface area contributed by atoms with Gasteiger partial charge in [0.2, 0.25) is 0 Å². The molecule has 17 heavy (non-hydrogen) atoms. The van der Waals surface area contributed by atoms with Gasteiger partial charge in [-0.25, -0.2) is 0 Å². The molecule has 0 saturated heterocycles. The van der Waals surface area contributed by atoms with Crippen molar-refractivity contribution in [3.63, 3.8) is 0 Å². The summed E-state index contributed by atoms with van der Waals surface area (Å²) in [5.74, 6) is 0. The number of hydrogen-bond donors (Lipinski definition) is 2. The molecule has 4 nitrogen and oxygen atoms in total. The number of nitrogens with zero attached hydrogens (tertiary/aromatic N) is 2. The Labute approximate surface area is 100 Å². The molecule has 1 fully saturated rings. The zero-order chi connectivity index (χ0) is 11.7. The lowest BCUT2D eigenvalue weighted by Crippen LogP contribution is -2.31. The summed E-state index contributed by atoms with van der Waals surface area (Å²) in [7, 11) is 0. The van der Waals surface area contributed by atoms with Crippen LogP contribution < -0.4 is 5.32 Å². The second kappa shape index (κ2) is 4.47. The van der Waals surface area contributed by atoms with Gasteiger partial charge in [0, 0.05) is 18.0 Å². The lowest BCUT2D eigenvalue weighted by Gasteiger charge is -2.12. The molecular weight excluding hydrogens is 214 g/mol. The van der Waals surface area contributed by atoms with Crippen molar-refractivity contribution in [2.45, 2.75) is 31.5 Å². The van der Waals surface area contributed by atoms with Gasteiger partial charge in [-0.05, 0) is 18.9 Å². The summed E-state index contributed by atoms with van der Waals surface area (Å²) in [6, 6.07) is 8.70. The van der Waals surface area contributed by atoms with Gasteiger partial charge < -0.3 is 10.4 Å². The first-order chi connectivity index (χ1) is 8.33. The van der Waals surface area contributed by atoms with Crippen LogP contribution in [0.1, 0.15) is 12.8 Å². The van der Waals surface area contributed by atoms with E-state index in [1.165, 1.54) is 12.8 Å². The van der Waals surface area contributed by atoms with Crippen molar-refractivity contribution in [2.75, 3.05) is 6.54 Å². The molecule has 0 spiro atoms. The SMILES string of the molecule is OC(CNC1CC1)Cn1ncc2ccccc21. The normalized spacial score (nSPS) is 17.5. The minimum atomic E-state index is -0.376. The van der Waals surface area contributed by atoms with Crippen molar-refractivity contribution < 1.29 is 5.11 Å². The lowest BCUT2D eigenvalue weighted by atomic mass is 10.2. The number of para-hydroxylation sites is 1. The van der Waals surface area contributed by atoms with E-state index in [-0.39, 0.29) is 6.10 Å². The molecule has 1 aromatic heterocycles. The minimum Gasteiger partial charge on any atom is -0.390 e. The van der Waals surface area contributed by atoms with Crippen LogP contribution in [0.5, 0.6) is 0 Å². The predicted molar refractivity (Wildman–Crippen MR) is 66.8 cm³/mol. The van der Waals surface area contributed by atoms with Crippen molar-refractivity contribution >= 4 is 10.9 Å². The summed E-state index contributed by atoms with van der Waals surface area (Å²) in [6.07, 6.45) is 3.96. The van der Waals surface area contributed by atoms with Crippen LogP contribution in [-0.4, -0.2) is 33.6 Å². The smallest absolute Gasteiger partial charge is 0.0860 e. The van der Waals surface area contributed by atoms with E-state index in [0.717, 1.165) is 10.9 Å². The Morgan fingerprint density at radius 2 is 2.24 bits per heavy atom. The predicted octanol–water partition coefficient (Wildman–Crippen LogP) is 1.15. The number of aliphatic hydroxyl groups excluding tert-OH is 1. The molecule has 4 heteroatoms. The van der Waals surface area contributed by atoms with Crippen LogP contribution in [0.3, 0.4) is 0 Å². The number of rotatable bonds is 5. The van der Waals surface area contributed by atoms with Crippen LogP contribution in [0, 0.1) is 0 Å². The molecule has 0 amide bonds. The van der Waals surface area contributed by atoms with Crippen molar-refractivity contribution in [1.82, 2.24) is 15.1 Å². The molecule has 0 radical (unpaired) electrons. The highest BCUT2D eigenvalue weighted by atomic mass is 16.3. The average molecular weight is 231 g/mol. The van der Waals surface area contributed by atoms with Crippen molar-refractivity contribution in [2.24, 2.45) is 0 Å². The van der Waals surface area contributed by atoms with Crippen LogP contribution >= 0.6 is 0 Å². The van der Waals surface area contributed by atoms with Gasteiger partial charge in [-0.15, -0.1) is 0 Å². The van der Waals surface area contributed by atoms with Gasteiger partial charge in [-0.1, -0.05) is 18.2 Å². The molecule has 90 valence electrons. The van der Waals surface area contributed by atoms with Crippen molar-refractivity contribution in [3.05, 3.63) is 30.5 Å². The molecule has 1 aromatic carbocycles. The molecule has 1 aliphatic rings. The summed E-state index contributed by atoms with van der Waals surface area (Å²) in [5.41, 5.74) is 1.08. The second-order valence-electron chi connectivity index (χ2n) is 4.72. The summed E-state index contributed by atoms with van der Waals surface area (Å²) >= 11 is 0. The van der Waals surface area contributed by atoms with Crippen LogP contribution in [-0.2, 0) is 6.54 Å². The third-order valence-electron chi connectivity index (χ3n) is 3.15. The first-order valence-corrected chi connectivity index (χ1v) is 6.15. The Hall–Kier alpha value is -1.39. The van der Waals surface area contributed by atoms with Gasteiger partial charge in [-0.3, -0.25) is 4.68 Å². The van der Waals surface area contributed by atoms with Gasteiger partial charge >= 0.3 is 0 Å². The average Bonchev–Trinajstić information content (AvgIpc) is 3.10. The zero-order valence-electron chi connectivity index (χ0n) is 9.71. The van der Waals surface area contributed by atoms with E-state index in [1.54, 1.807) is 0 Å².